The normalized spacial score (nSPS) is 11.4. The molecule has 0 bridgehead atoms. The first kappa shape index (κ1) is 33.4. The molecule has 9 aromatic carbocycles. The van der Waals surface area contributed by atoms with Gasteiger partial charge in [-0.3, -0.25) is 0 Å². The highest BCUT2D eigenvalue weighted by atomic mass is 16.3. The van der Waals surface area contributed by atoms with Gasteiger partial charge in [0, 0.05) is 33.5 Å². The molecule has 0 fully saturated rings. The van der Waals surface area contributed by atoms with E-state index in [1.54, 1.807) is 0 Å². The van der Waals surface area contributed by atoms with Gasteiger partial charge < -0.3 is 9.32 Å². The number of anilines is 3. The second kappa shape index (κ2) is 14.0. The summed E-state index contributed by atoms with van der Waals surface area (Å²) in [6, 6.07) is 71.7. The first-order valence-corrected chi connectivity index (χ1v) is 19.4. The van der Waals surface area contributed by atoms with Crippen molar-refractivity contribution in [2.75, 3.05) is 4.90 Å². The van der Waals surface area contributed by atoms with Crippen molar-refractivity contribution in [1.82, 2.24) is 15.0 Å². The van der Waals surface area contributed by atoms with Crippen LogP contribution in [0.4, 0.5) is 17.1 Å². The summed E-state index contributed by atoms with van der Waals surface area (Å²) in [7, 11) is 0. The van der Waals surface area contributed by atoms with Gasteiger partial charge in [-0.1, -0.05) is 146 Å². The topological polar surface area (TPSA) is 55.1 Å². The van der Waals surface area contributed by atoms with Crippen molar-refractivity contribution < 1.29 is 4.42 Å². The smallest absolute Gasteiger partial charge is 0.164 e. The summed E-state index contributed by atoms with van der Waals surface area (Å²) in [4.78, 5) is 17.6. The molecule has 0 atom stereocenters. The Hall–Kier alpha value is -7.89. The molecule has 0 aliphatic carbocycles. The van der Waals surface area contributed by atoms with Crippen molar-refractivity contribution in [3.63, 3.8) is 0 Å². The minimum absolute atomic E-state index is 0.577. The molecule has 0 unspecified atom stereocenters. The van der Waals surface area contributed by atoms with Crippen LogP contribution in [0.3, 0.4) is 0 Å². The first-order valence-electron chi connectivity index (χ1n) is 19.4. The van der Waals surface area contributed by atoms with Gasteiger partial charge in [0.05, 0.1) is 11.1 Å². The summed E-state index contributed by atoms with van der Waals surface area (Å²) in [5.41, 5.74) is 9.75. The van der Waals surface area contributed by atoms with Gasteiger partial charge in [0.25, 0.3) is 0 Å². The molecule has 0 amide bonds. The highest BCUT2D eigenvalue weighted by Gasteiger charge is 2.21. The van der Waals surface area contributed by atoms with E-state index in [0.717, 1.165) is 66.5 Å². The lowest BCUT2D eigenvalue weighted by Crippen LogP contribution is -2.10. The summed E-state index contributed by atoms with van der Waals surface area (Å²) in [6.45, 7) is 0. The average molecular weight is 743 g/mol. The second-order valence-electron chi connectivity index (χ2n) is 14.5. The number of para-hydroxylation sites is 1. The van der Waals surface area contributed by atoms with Gasteiger partial charge in [0.2, 0.25) is 0 Å². The van der Waals surface area contributed by atoms with E-state index in [9.17, 15) is 0 Å². The van der Waals surface area contributed by atoms with Crippen molar-refractivity contribution in [1.29, 1.82) is 0 Å². The molecule has 0 saturated heterocycles. The Labute approximate surface area is 335 Å². The van der Waals surface area contributed by atoms with Gasteiger partial charge >= 0.3 is 0 Å². The minimum atomic E-state index is 0.577. The molecular formula is C53H34N4O. The summed E-state index contributed by atoms with van der Waals surface area (Å²) >= 11 is 0. The number of furan rings is 1. The van der Waals surface area contributed by atoms with E-state index in [4.69, 9.17) is 19.4 Å². The number of aromatic nitrogens is 3. The Kier molecular flexibility index (Phi) is 8.07. The molecule has 272 valence electrons. The van der Waals surface area contributed by atoms with Crippen LogP contribution in [0, 0.1) is 0 Å². The third-order valence-electron chi connectivity index (χ3n) is 10.9. The van der Waals surface area contributed by atoms with Gasteiger partial charge in [0.1, 0.15) is 11.2 Å². The molecule has 2 heterocycles. The van der Waals surface area contributed by atoms with Crippen molar-refractivity contribution >= 4 is 60.5 Å². The fourth-order valence-electron chi connectivity index (χ4n) is 7.99. The third-order valence-corrected chi connectivity index (χ3v) is 10.9. The fourth-order valence-corrected chi connectivity index (χ4v) is 7.99. The van der Waals surface area contributed by atoms with E-state index >= 15 is 0 Å². The maximum Gasteiger partial charge on any atom is 0.164 e. The van der Waals surface area contributed by atoms with Crippen molar-refractivity contribution in [2.45, 2.75) is 0 Å². The average Bonchev–Trinajstić information content (AvgIpc) is 3.68. The van der Waals surface area contributed by atoms with Crippen LogP contribution in [0.1, 0.15) is 0 Å². The highest BCUT2D eigenvalue weighted by Crippen LogP contribution is 2.44. The molecule has 0 radical (unpaired) electrons. The standard InChI is InChI=1S/C53H34N4O/c1-3-12-35(13-4-1)38-26-29-45(30-27-38)57(44-18-5-2-6-19-44)47-20-11-21-48-50(47)46-31-28-43(34-49(46)58-48)53-55-51(41-24-22-36-14-7-9-16-39(36)32-41)54-52(56-53)42-25-23-37-15-8-10-17-40(37)33-42/h1-34H. The number of hydrogen-bond donors (Lipinski definition) is 0. The van der Waals surface area contributed by atoms with Gasteiger partial charge in [-0.2, -0.15) is 0 Å². The minimum Gasteiger partial charge on any atom is -0.456 e. The fraction of sp³-hybridized carbons (Fsp3) is 0. The van der Waals surface area contributed by atoms with Crippen LogP contribution in [0.15, 0.2) is 211 Å². The molecule has 2 aromatic heterocycles. The van der Waals surface area contributed by atoms with Gasteiger partial charge in [0.15, 0.2) is 17.5 Å². The van der Waals surface area contributed by atoms with E-state index in [1.807, 2.05) is 18.2 Å². The summed E-state index contributed by atoms with van der Waals surface area (Å²) in [5, 5.41) is 6.63. The van der Waals surface area contributed by atoms with Crippen molar-refractivity contribution in [3.8, 4) is 45.3 Å². The quantitative estimate of drug-likeness (QED) is 0.163. The van der Waals surface area contributed by atoms with Crippen LogP contribution in [-0.4, -0.2) is 15.0 Å². The molecule has 0 saturated carbocycles. The number of hydrogen-bond acceptors (Lipinski definition) is 5. The lowest BCUT2D eigenvalue weighted by atomic mass is 10.0. The zero-order chi connectivity index (χ0) is 38.4. The van der Waals surface area contributed by atoms with Gasteiger partial charge in [-0.05, 0) is 93.3 Å². The Morgan fingerprint density at radius 2 is 0.810 bits per heavy atom. The van der Waals surface area contributed by atoms with Crippen LogP contribution < -0.4 is 4.90 Å². The number of benzene rings is 9. The largest absolute Gasteiger partial charge is 0.456 e. The molecule has 58 heavy (non-hydrogen) atoms. The predicted molar refractivity (Wildman–Crippen MR) is 239 cm³/mol. The second-order valence-corrected chi connectivity index (χ2v) is 14.5. The van der Waals surface area contributed by atoms with Gasteiger partial charge in [-0.15, -0.1) is 0 Å². The predicted octanol–water partition coefficient (Wildman–Crippen LogP) is 14.2. The Bertz CT molecular complexity index is 3190. The number of fused-ring (bicyclic) bond motifs is 5. The highest BCUT2D eigenvalue weighted by molar-refractivity contribution is 6.14. The van der Waals surface area contributed by atoms with Crippen molar-refractivity contribution in [3.05, 3.63) is 206 Å². The summed E-state index contributed by atoms with van der Waals surface area (Å²) < 4.78 is 6.68. The van der Waals surface area contributed by atoms with Crippen molar-refractivity contribution in [2.24, 2.45) is 0 Å². The number of nitrogens with zero attached hydrogens (tertiary/aromatic N) is 4. The SMILES string of the molecule is c1ccc(-c2ccc(N(c3ccccc3)c3cccc4oc5cc(-c6nc(-c7ccc8ccccc8c7)nc(-c7ccc8ccccc8c7)n6)ccc5c34)cc2)cc1. The third kappa shape index (κ3) is 6.03. The summed E-state index contributed by atoms with van der Waals surface area (Å²) in [5.74, 6) is 1.80. The molecule has 11 rings (SSSR count). The van der Waals surface area contributed by atoms with E-state index in [2.05, 4.69) is 193 Å². The zero-order valence-electron chi connectivity index (χ0n) is 31.3. The van der Waals surface area contributed by atoms with Crippen LogP contribution in [-0.2, 0) is 0 Å². The maximum atomic E-state index is 6.68. The van der Waals surface area contributed by atoms with Crippen LogP contribution in [0.5, 0.6) is 0 Å². The molecule has 0 aliphatic heterocycles. The van der Waals surface area contributed by atoms with Gasteiger partial charge in [-0.25, -0.2) is 15.0 Å². The monoisotopic (exact) mass is 742 g/mol. The zero-order valence-corrected chi connectivity index (χ0v) is 31.3. The molecule has 0 spiro atoms. The molecule has 11 aromatic rings. The molecule has 0 N–H and O–H groups in total. The summed E-state index contributed by atoms with van der Waals surface area (Å²) in [6.07, 6.45) is 0. The van der Waals surface area contributed by atoms with Crippen LogP contribution >= 0.6 is 0 Å². The van der Waals surface area contributed by atoms with E-state index in [0.29, 0.717) is 17.5 Å². The maximum absolute atomic E-state index is 6.68. The lowest BCUT2D eigenvalue weighted by Gasteiger charge is -2.26. The van der Waals surface area contributed by atoms with E-state index in [-0.39, 0.29) is 0 Å². The first-order chi connectivity index (χ1) is 28.7. The Balaban J connectivity index is 1.05. The van der Waals surface area contributed by atoms with Crippen LogP contribution in [0.2, 0.25) is 0 Å². The van der Waals surface area contributed by atoms with E-state index in [1.165, 1.54) is 21.9 Å². The number of rotatable bonds is 7. The Morgan fingerprint density at radius 3 is 1.43 bits per heavy atom. The molecule has 5 nitrogen and oxygen atoms in total. The molecular weight excluding hydrogens is 709 g/mol. The molecule has 0 aliphatic rings. The van der Waals surface area contributed by atoms with Crippen LogP contribution in [0.25, 0.3) is 88.8 Å². The van der Waals surface area contributed by atoms with E-state index < -0.39 is 0 Å². The lowest BCUT2D eigenvalue weighted by molar-refractivity contribution is 0.669. The molecule has 5 heteroatoms. The Morgan fingerprint density at radius 1 is 0.328 bits per heavy atom.